The first-order valence-corrected chi connectivity index (χ1v) is 3.14. The fraction of sp³-hybridized carbons (Fsp3) is 0. The summed E-state index contributed by atoms with van der Waals surface area (Å²) in [7, 11) is 0. The van der Waals surface area contributed by atoms with Crippen LogP contribution in [0.2, 0.25) is 0 Å². The van der Waals surface area contributed by atoms with Crippen LogP contribution in [0.3, 0.4) is 0 Å². The summed E-state index contributed by atoms with van der Waals surface area (Å²) < 4.78 is 0. The Morgan fingerprint density at radius 2 is 1.21 bits per heavy atom. The second-order valence-corrected chi connectivity index (χ2v) is 2.12. The van der Waals surface area contributed by atoms with Crippen molar-refractivity contribution in [1.82, 2.24) is 0 Å². The summed E-state index contributed by atoms with van der Waals surface area (Å²) in [6, 6.07) is 5.14. The molecular weight excluding hydrogens is 223 g/mol. The molecule has 4 nitrogen and oxygen atoms in total. The molecule has 0 N–H and O–H groups in total. The summed E-state index contributed by atoms with van der Waals surface area (Å²) in [6.07, 6.45) is 0. The summed E-state index contributed by atoms with van der Waals surface area (Å²) in [5.74, 6) is -3.04. The van der Waals surface area contributed by atoms with Crippen LogP contribution in [0.5, 0.6) is 0 Å². The molecule has 62 valence electrons. The van der Waals surface area contributed by atoms with E-state index in [1.54, 1.807) is 0 Å². The largest absolute Gasteiger partial charge is 2.00 e. The minimum absolute atomic E-state index is 0. The average Bonchev–Trinajstić information content (AvgIpc) is 2.04. The van der Waals surface area contributed by atoms with E-state index in [-0.39, 0.29) is 78.4 Å². The first-order valence-electron chi connectivity index (χ1n) is 3.14. The number of carbonyl (C=O) groups excluding carboxylic acids is 2. The molecule has 6 heteroatoms. The van der Waals surface area contributed by atoms with Crippen molar-refractivity contribution < 1.29 is 49.4 Å². The number of aromatic carboxylic acids is 2. The van der Waals surface area contributed by atoms with Crippen molar-refractivity contribution in [2.24, 2.45) is 0 Å². The van der Waals surface area contributed by atoms with Gasteiger partial charge >= 0.3 is 67.3 Å². The van der Waals surface area contributed by atoms with Gasteiger partial charge < -0.3 is 19.8 Å². The third kappa shape index (κ3) is 4.29. The summed E-state index contributed by atoms with van der Waals surface area (Å²) in [5, 5.41) is 20.6. The molecule has 0 atom stereocenters. The molecule has 1 aromatic rings. The van der Waals surface area contributed by atoms with Crippen LogP contribution in [-0.2, 0) is 0 Å². The number of hydrogen-bond donors (Lipinski definition) is 0. The molecule has 0 fully saturated rings. The molecule has 0 saturated heterocycles. The van der Waals surface area contributed by atoms with Crippen molar-refractivity contribution in [3.8, 4) is 0 Å². The number of hydrogen-bond acceptors (Lipinski definition) is 4. The van der Waals surface area contributed by atoms with Crippen molar-refractivity contribution in [2.75, 3.05) is 0 Å². The molecule has 0 heterocycles. The maximum atomic E-state index is 10.3. The predicted octanol–water partition coefficient (Wildman–Crippen LogP) is -4.96. The van der Waals surface area contributed by atoms with Crippen LogP contribution in [0.25, 0.3) is 0 Å². The molecule has 14 heavy (non-hydrogen) atoms. The monoisotopic (exact) mass is 227 g/mol. The SMILES string of the molecule is O=C([O-])c1ccccc1C(=O)[O-].[Ca+2].[Na+]. The maximum Gasteiger partial charge on any atom is 2.00 e. The molecule has 0 saturated carbocycles. The van der Waals surface area contributed by atoms with Crippen molar-refractivity contribution in [3.05, 3.63) is 35.4 Å². The van der Waals surface area contributed by atoms with E-state index in [9.17, 15) is 19.8 Å². The second kappa shape index (κ2) is 7.68. The van der Waals surface area contributed by atoms with E-state index in [1.165, 1.54) is 12.1 Å². The van der Waals surface area contributed by atoms with Crippen LogP contribution in [-0.4, -0.2) is 49.7 Å². The topological polar surface area (TPSA) is 80.3 Å². The maximum absolute atomic E-state index is 10.3. The Hall–Kier alpha value is 0.420. The molecule has 0 bridgehead atoms. The number of rotatable bonds is 2. The smallest absolute Gasteiger partial charge is 0.545 e. The molecule has 0 aliphatic heterocycles. The van der Waals surface area contributed by atoms with Crippen LogP contribution in [0.4, 0.5) is 0 Å². The number of benzene rings is 1. The molecule has 0 aliphatic carbocycles. The van der Waals surface area contributed by atoms with Gasteiger partial charge in [-0.15, -0.1) is 0 Å². The minimum Gasteiger partial charge on any atom is -0.545 e. The van der Waals surface area contributed by atoms with E-state index < -0.39 is 11.9 Å². The van der Waals surface area contributed by atoms with Gasteiger partial charge in [0.25, 0.3) is 0 Å². The molecule has 0 amide bonds. The van der Waals surface area contributed by atoms with Crippen LogP contribution in [0.1, 0.15) is 20.7 Å². The summed E-state index contributed by atoms with van der Waals surface area (Å²) >= 11 is 0. The molecule has 0 spiro atoms. The van der Waals surface area contributed by atoms with Gasteiger partial charge in [-0.3, -0.25) is 0 Å². The third-order valence-corrected chi connectivity index (χ3v) is 1.37. The zero-order valence-electron chi connectivity index (χ0n) is 7.65. The van der Waals surface area contributed by atoms with Crippen LogP contribution in [0.15, 0.2) is 24.3 Å². The normalized spacial score (nSPS) is 8.00. The van der Waals surface area contributed by atoms with Crippen LogP contribution in [0, 0.1) is 0 Å². The van der Waals surface area contributed by atoms with Gasteiger partial charge in [-0.2, -0.15) is 0 Å². The summed E-state index contributed by atoms with van der Waals surface area (Å²) in [6.45, 7) is 0. The molecule has 0 aliphatic rings. The van der Waals surface area contributed by atoms with Gasteiger partial charge in [-0.05, 0) is 0 Å². The number of carboxylic acids is 2. The van der Waals surface area contributed by atoms with Gasteiger partial charge in [-0.25, -0.2) is 0 Å². The van der Waals surface area contributed by atoms with Crippen LogP contribution < -0.4 is 39.8 Å². The van der Waals surface area contributed by atoms with Gasteiger partial charge in [0.1, 0.15) is 0 Å². The predicted molar refractivity (Wildman–Crippen MR) is 40.9 cm³/mol. The molecular formula is C8H4CaNaO4+. The van der Waals surface area contributed by atoms with Gasteiger partial charge in [0, 0.05) is 11.1 Å². The fourth-order valence-corrected chi connectivity index (χ4v) is 0.839. The second-order valence-electron chi connectivity index (χ2n) is 2.12. The average molecular weight is 227 g/mol. The molecule has 0 unspecified atom stereocenters. The first-order chi connectivity index (χ1) is 5.63. The van der Waals surface area contributed by atoms with Crippen molar-refractivity contribution >= 4 is 49.7 Å². The third-order valence-electron chi connectivity index (χ3n) is 1.37. The number of carboxylic acid groups (broad SMARTS) is 2. The zero-order chi connectivity index (χ0) is 9.14. The molecule has 1 aromatic carbocycles. The Morgan fingerprint density at radius 1 is 0.929 bits per heavy atom. The van der Waals surface area contributed by atoms with E-state index in [2.05, 4.69) is 0 Å². The Kier molecular flexibility index (Phi) is 9.23. The van der Waals surface area contributed by atoms with Gasteiger partial charge in [0.05, 0.1) is 11.9 Å². The first kappa shape index (κ1) is 16.8. The van der Waals surface area contributed by atoms with Crippen molar-refractivity contribution in [1.29, 1.82) is 0 Å². The minimum atomic E-state index is -1.52. The Labute approximate surface area is 133 Å². The van der Waals surface area contributed by atoms with Crippen molar-refractivity contribution in [3.63, 3.8) is 0 Å². The van der Waals surface area contributed by atoms with E-state index in [4.69, 9.17) is 0 Å². The van der Waals surface area contributed by atoms with E-state index in [0.29, 0.717) is 0 Å². The summed E-state index contributed by atoms with van der Waals surface area (Å²) in [4.78, 5) is 20.6. The molecule has 0 radical (unpaired) electrons. The Bertz CT molecular complexity index is 307. The summed E-state index contributed by atoms with van der Waals surface area (Å²) in [5.41, 5.74) is -0.727. The van der Waals surface area contributed by atoms with Gasteiger partial charge in [-0.1, -0.05) is 24.3 Å². The van der Waals surface area contributed by atoms with Gasteiger partial charge in [0.2, 0.25) is 0 Å². The van der Waals surface area contributed by atoms with E-state index in [0.717, 1.165) is 12.1 Å². The van der Waals surface area contributed by atoms with Crippen molar-refractivity contribution in [2.45, 2.75) is 0 Å². The number of carbonyl (C=O) groups is 2. The molecule has 1 rings (SSSR count). The van der Waals surface area contributed by atoms with Gasteiger partial charge in [0.15, 0.2) is 0 Å². The van der Waals surface area contributed by atoms with E-state index in [1.807, 2.05) is 0 Å². The standard InChI is InChI=1S/C8H6O4.Ca.Na/c9-7(10)5-3-1-2-4-6(5)8(11)12;;/h1-4H,(H,9,10)(H,11,12);;/q;+2;+1/p-2. The zero-order valence-corrected chi connectivity index (χ0v) is 11.9. The molecule has 0 aromatic heterocycles. The van der Waals surface area contributed by atoms with Crippen LogP contribution >= 0.6 is 0 Å². The van der Waals surface area contributed by atoms with E-state index >= 15 is 0 Å². The Morgan fingerprint density at radius 3 is 1.43 bits per heavy atom. The quantitative estimate of drug-likeness (QED) is 0.474. The Balaban J connectivity index is 0. The fourth-order valence-electron chi connectivity index (χ4n) is 0.839.